The van der Waals surface area contributed by atoms with Crippen LogP contribution in [-0.4, -0.2) is 57.2 Å². The molecule has 0 spiro atoms. The van der Waals surface area contributed by atoms with Gasteiger partial charge in [0, 0.05) is 39.4 Å². The molecule has 19 heavy (non-hydrogen) atoms. The van der Waals surface area contributed by atoms with Gasteiger partial charge in [-0.3, -0.25) is 14.4 Å². The van der Waals surface area contributed by atoms with Crippen LogP contribution in [0, 0.1) is 11.3 Å². The first-order chi connectivity index (χ1) is 8.94. The number of amides is 1. The van der Waals surface area contributed by atoms with Crippen LogP contribution >= 0.6 is 0 Å². The van der Waals surface area contributed by atoms with Gasteiger partial charge in [0.05, 0.1) is 17.8 Å². The predicted molar refractivity (Wildman–Crippen MR) is 70.4 cm³/mol. The Bertz CT molecular complexity index is 505. The monoisotopic (exact) mass is 261 g/mol. The molecular formula is C13H19N5O. The van der Waals surface area contributed by atoms with E-state index in [-0.39, 0.29) is 5.91 Å². The van der Waals surface area contributed by atoms with Crippen molar-refractivity contribution in [3.05, 3.63) is 18.0 Å². The van der Waals surface area contributed by atoms with Gasteiger partial charge in [-0.15, -0.1) is 0 Å². The van der Waals surface area contributed by atoms with Crippen molar-refractivity contribution in [2.45, 2.75) is 19.4 Å². The molecule has 1 aromatic heterocycles. The molecular weight excluding hydrogens is 242 g/mol. The molecule has 0 unspecified atom stereocenters. The molecule has 0 aromatic carbocycles. The van der Waals surface area contributed by atoms with Crippen LogP contribution in [0.15, 0.2) is 12.4 Å². The van der Waals surface area contributed by atoms with E-state index in [9.17, 15) is 4.79 Å². The summed E-state index contributed by atoms with van der Waals surface area (Å²) in [6.45, 7) is 6.58. The molecule has 0 N–H and O–H groups in total. The first kappa shape index (κ1) is 13.6. The minimum atomic E-state index is -0.469. The van der Waals surface area contributed by atoms with Crippen LogP contribution in [0.25, 0.3) is 0 Å². The number of nitrogens with zero attached hydrogens (tertiary/aromatic N) is 5. The smallest absolute Gasteiger partial charge is 0.257 e. The van der Waals surface area contributed by atoms with Crippen LogP contribution in [0.1, 0.15) is 24.2 Å². The topological polar surface area (TPSA) is 65.2 Å². The number of carbonyl (C=O) groups is 1. The molecule has 0 radical (unpaired) electrons. The largest absolute Gasteiger partial charge is 0.336 e. The summed E-state index contributed by atoms with van der Waals surface area (Å²) in [4.78, 5) is 16.2. The van der Waals surface area contributed by atoms with Crippen molar-refractivity contribution in [2.24, 2.45) is 7.05 Å². The fraction of sp³-hybridized carbons (Fsp3) is 0.615. The van der Waals surface area contributed by atoms with Crippen LogP contribution in [0.2, 0.25) is 0 Å². The Morgan fingerprint density at radius 1 is 1.37 bits per heavy atom. The van der Waals surface area contributed by atoms with Crippen molar-refractivity contribution in [3.8, 4) is 6.07 Å². The molecule has 1 aliphatic heterocycles. The van der Waals surface area contributed by atoms with Crippen molar-refractivity contribution in [1.29, 1.82) is 5.26 Å². The molecule has 1 saturated heterocycles. The van der Waals surface area contributed by atoms with Gasteiger partial charge in [0.25, 0.3) is 5.91 Å². The third kappa shape index (κ3) is 2.76. The summed E-state index contributed by atoms with van der Waals surface area (Å²) in [7, 11) is 1.80. The zero-order chi connectivity index (χ0) is 14.0. The van der Waals surface area contributed by atoms with Crippen LogP contribution in [0.3, 0.4) is 0 Å². The number of aryl methyl sites for hydroxylation is 1. The van der Waals surface area contributed by atoms with E-state index in [1.807, 2.05) is 18.7 Å². The normalized spacial score (nSPS) is 17.3. The molecule has 0 atom stereocenters. The van der Waals surface area contributed by atoms with E-state index in [4.69, 9.17) is 5.26 Å². The van der Waals surface area contributed by atoms with Gasteiger partial charge in [-0.2, -0.15) is 10.4 Å². The average molecular weight is 261 g/mol. The predicted octanol–water partition coefficient (Wildman–Crippen LogP) is 0.480. The lowest BCUT2D eigenvalue weighted by atomic mass is 10.0. The number of hydrogen-bond donors (Lipinski definition) is 0. The third-order valence-electron chi connectivity index (χ3n) is 3.58. The molecule has 1 aromatic rings. The van der Waals surface area contributed by atoms with E-state index >= 15 is 0 Å². The van der Waals surface area contributed by atoms with Gasteiger partial charge in [-0.25, -0.2) is 0 Å². The summed E-state index contributed by atoms with van der Waals surface area (Å²) in [5.74, 6) is 0.0162. The SMILES string of the molecule is Cn1cc(C(=O)N2CCN(C(C)(C)C#N)CC2)cn1. The molecule has 1 aliphatic rings. The minimum Gasteiger partial charge on any atom is -0.336 e. The summed E-state index contributed by atoms with van der Waals surface area (Å²) in [6, 6.07) is 2.30. The highest BCUT2D eigenvalue weighted by molar-refractivity contribution is 5.93. The fourth-order valence-corrected chi connectivity index (χ4v) is 2.25. The maximum absolute atomic E-state index is 12.2. The first-order valence-corrected chi connectivity index (χ1v) is 6.38. The van der Waals surface area contributed by atoms with Crippen molar-refractivity contribution >= 4 is 5.91 Å². The van der Waals surface area contributed by atoms with Gasteiger partial charge in [0.2, 0.25) is 0 Å². The summed E-state index contributed by atoms with van der Waals surface area (Å²) >= 11 is 0. The zero-order valence-corrected chi connectivity index (χ0v) is 11.6. The molecule has 0 bridgehead atoms. The molecule has 6 nitrogen and oxygen atoms in total. The highest BCUT2D eigenvalue weighted by Crippen LogP contribution is 2.17. The number of piperazine rings is 1. The fourth-order valence-electron chi connectivity index (χ4n) is 2.25. The van der Waals surface area contributed by atoms with Gasteiger partial charge in [0.15, 0.2) is 0 Å². The lowest BCUT2D eigenvalue weighted by molar-refractivity contribution is 0.0521. The van der Waals surface area contributed by atoms with E-state index in [2.05, 4.69) is 16.1 Å². The molecule has 2 rings (SSSR count). The molecule has 0 aliphatic carbocycles. The molecule has 1 fully saturated rings. The highest BCUT2D eigenvalue weighted by atomic mass is 16.2. The second kappa shape index (κ2) is 5.02. The maximum Gasteiger partial charge on any atom is 0.257 e. The van der Waals surface area contributed by atoms with Gasteiger partial charge < -0.3 is 4.90 Å². The molecule has 2 heterocycles. The van der Waals surface area contributed by atoms with Crippen molar-refractivity contribution < 1.29 is 4.79 Å². The Hall–Kier alpha value is -1.87. The standard InChI is InChI=1S/C13H19N5O/c1-13(2,10-14)18-6-4-17(5-7-18)12(19)11-8-15-16(3)9-11/h8-9H,4-7H2,1-3H3. The molecule has 102 valence electrons. The van der Waals surface area contributed by atoms with Gasteiger partial charge in [-0.1, -0.05) is 0 Å². The summed E-state index contributed by atoms with van der Waals surface area (Å²) in [6.07, 6.45) is 3.32. The second-order valence-corrected chi connectivity index (χ2v) is 5.35. The number of carbonyl (C=O) groups excluding carboxylic acids is 1. The Labute approximate surface area is 113 Å². The van der Waals surface area contributed by atoms with E-state index in [1.165, 1.54) is 0 Å². The van der Waals surface area contributed by atoms with Crippen molar-refractivity contribution in [3.63, 3.8) is 0 Å². The lowest BCUT2D eigenvalue weighted by Gasteiger charge is -2.40. The first-order valence-electron chi connectivity index (χ1n) is 6.38. The van der Waals surface area contributed by atoms with Gasteiger partial charge in [-0.05, 0) is 13.8 Å². The third-order valence-corrected chi connectivity index (χ3v) is 3.58. The number of aromatic nitrogens is 2. The average Bonchev–Trinajstić information content (AvgIpc) is 2.85. The number of hydrogen-bond acceptors (Lipinski definition) is 4. The Kier molecular flexibility index (Phi) is 3.58. The van der Waals surface area contributed by atoms with Gasteiger partial charge in [0.1, 0.15) is 5.54 Å². The van der Waals surface area contributed by atoms with Crippen molar-refractivity contribution in [2.75, 3.05) is 26.2 Å². The summed E-state index contributed by atoms with van der Waals surface area (Å²) in [5.41, 5.74) is 0.152. The quantitative estimate of drug-likeness (QED) is 0.776. The summed E-state index contributed by atoms with van der Waals surface area (Å²) < 4.78 is 1.63. The minimum absolute atomic E-state index is 0.0162. The maximum atomic E-state index is 12.2. The van der Waals surface area contributed by atoms with E-state index in [0.29, 0.717) is 18.7 Å². The van der Waals surface area contributed by atoms with E-state index in [1.54, 1.807) is 24.1 Å². The van der Waals surface area contributed by atoms with E-state index in [0.717, 1.165) is 13.1 Å². The Balaban J connectivity index is 1.97. The second-order valence-electron chi connectivity index (χ2n) is 5.35. The van der Waals surface area contributed by atoms with Crippen molar-refractivity contribution in [1.82, 2.24) is 19.6 Å². The number of rotatable bonds is 2. The van der Waals surface area contributed by atoms with Crippen LogP contribution in [-0.2, 0) is 7.05 Å². The Morgan fingerprint density at radius 2 is 2.00 bits per heavy atom. The highest BCUT2D eigenvalue weighted by Gasteiger charge is 2.31. The summed E-state index contributed by atoms with van der Waals surface area (Å²) in [5, 5.41) is 13.1. The zero-order valence-electron chi connectivity index (χ0n) is 11.6. The van der Waals surface area contributed by atoms with E-state index < -0.39 is 5.54 Å². The van der Waals surface area contributed by atoms with Crippen LogP contribution in [0.4, 0.5) is 0 Å². The van der Waals surface area contributed by atoms with Crippen LogP contribution in [0.5, 0.6) is 0 Å². The Morgan fingerprint density at radius 3 is 2.47 bits per heavy atom. The van der Waals surface area contributed by atoms with Crippen LogP contribution < -0.4 is 0 Å². The lowest BCUT2D eigenvalue weighted by Crippen LogP contribution is -2.55. The molecule has 0 saturated carbocycles. The number of nitriles is 1. The molecule has 6 heteroatoms. The van der Waals surface area contributed by atoms with Gasteiger partial charge >= 0.3 is 0 Å². The molecule has 1 amide bonds.